The number of benzene rings is 2. The molecular formula is C16H20N2O2. The van der Waals surface area contributed by atoms with Gasteiger partial charge in [-0.3, -0.25) is 4.79 Å². The fourth-order valence-electron chi connectivity index (χ4n) is 2.20. The first kappa shape index (κ1) is 14.3. The maximum absolute atomic E-state index is 11.7. The van der Waals surface area contributed by atoms with Crippen molar-refractivity contribution in [2.75, 3.05) is 20.7 Å². The van der Waals surface area contributed by atoms with Crippen molar-refractivity contribution in [3.63, 3.8) is 0 Å². The highest BCUT2D eigenvalue weighted by Crippen LogP contribution is 2.27. The van der Waals surface area contributed by atoms with Crippen molar-refractivity contribution in [2.45, 2.75) is 13.0 Å². The van der Waals surface area contributed by atoms with Crippen LogP contribution in [-0.2, 0) is 11.3 Å². The summed E-state index contributed by atoms with van der Waals surface area (Å²) in [4.78, 5) is 11.7. The summed E-state index contributed by atoms with van der Waals surface area (Å²) >= 11 is 0. The number of nitrogens with one attached hydrogen (secondary N) is 2. The van der Waals surface area contributed by atoms with Crippen LogP contribution >= 0.6 is 0 Å². The maximum Gasteiger partial charge on any atom is 0.221 e. The Hall–Kier alpha value is -2.07. The Balaban J connectivity index is 2.21. The van der Waals surface area contributed by atoms with Crippen LogP contribution in [0.2, 0.25) is 0 Å². The van der Waals surface area contributed by atoms with Gasteiger partial charge >= 0.3 is 0 Å². The van der Waals surface area contributed by atoms with Gasteiger partial charge in [-0.15, -0.1) is 0 Å². The fourth-order valence-corrected chi connectivity index (χ4v) is 2.20. The number of carbonyl (C=O) groups excluding carboxylic acids is 1. The zero-order valence-corrected chi connectivity index (χ0v) is 11.9. The molecule has 0 fully saturated rings. The summed E-state index contributed by atoms with van der Waals surface area (Å²) in [6, 6.07) is 12.1. The van der Waals surface area contributed by atoms with Crippen LogP contribution in [0.5, 0.6) is 5.75 Å². The predicted molar refractivity (Wildman–Crippen MR) is 80.9 cm³/mol. The van der Waals surface area contributed by atoms with Gasteiger partial charge in [-0.05, 0) is 23.9 Å². The second-order valence-electron chi connectivity index (χ2n) is 4.60. The van der Waals surface area contributed by atoms with E-state index in [1.165, 1.54) is 0 Å². The van der Waals surface area contributed by atoms with E-state index in [9.17, 15) is 4.79 Å². The zero-order chi connectivity index (χ0) is 14.4. The van der Waals surface area contributed by atoms with Gasteiger partial charge in [0.2, 0.25) is 5.91 Å². The van der Waals surface area contributed by atoms with Crippen LogP contribution in [0, 0.1) is 0 Å². The van der Waals surface area contributed by atoms with Gasteiger partial charge in [0.1, 0.15) is 5.75 Å². The summed E-state index contributed by atoms with van der Waals surface area (Å²) < 4.78 is 5.40. The van der Waals surface area contributed by atoms with Crippen LogP contribution < -0.4 is 15.4 Å². The number of carbonyl (C=O) groups is 1. The topological polar surface area (TPSA) is 50.4 Å². The van der Waals surface area contributed by atoms with Crippen LogP contribution in [0.1, 0.15) is 12.0 Å². The largest absolute Gasteiger partial charge is 0.496 e. The minimum atomic E-state index is 0.0364. The van der Waals surface area contributed by atoms with Crippen molar-refractivity contribution < 1.29 is 9.53 Å². The highest BCUT2D eigenvalue weighted by atomic mass is 16.5. The molecular weight excluding hydrogens is 252 g/mol. The normalized spacial score (nSPS) is 10.5. The third-order valence-electron chi connectivity index (χ3n) is 3.28. The van der Waals surface area contributed by atoms with Crippen LogP contribution in [0.3, 0.4) is 0 Å². The van der Waals surface area contributed by atoms with E-state index >= 15 is 0 Å². The average Bonchev–Trinajstić information content (AvgIpc) is 2.50. The summed E-state index contributed by atoms with van der Waals surface area (Å²) in [5, 5.41) is 8.16. The first-order valence-corrected chi connectivity index (χ1v) is 6.72. The van der Waals surface area contributed by atoms with Gasteiger partial charge in [0, 0.05) is 25.1 Å². The van der Waals surface area contributed by atoms with E-state index in [1.807, 2.05) is 37.4 Å². The minimum Gasteiger partial charge on any atom is -0.496 e. The summed E-state index contributed by atoms with van der Waals surface area (Å²) in [5.74, 6) is 0.840. The highest BCUT2D eigenvalue weighted by molar-refractivity contribution is 5.88. The Morgan fingerprint density at radius 2 is 2.00 bits per heavy atom. The standard InChI is InChI=1S/C16H20N2O2/c1-17-10-9-16(19)18-11-14-13-6-4-3-5-12(13)7-8-15(14)20-2/h3-8,17H,9-11H2,1-2H3,(H,18,19). The molecule has 0 aliphatic carbocycles. The van der Waals surface area contributed by atoms with E-state index in [0.29, 0.717) is 19.5 Å². The minimum absolute atomic E-state index is 0.0364. The van der Waals surface area contributed by atoms with Crippen molar-refractivity contribution in [1.29, 1.82) is 0 Å². The van der Waals surface area contributed by atoms with Crippen molar-refractivity contribution in [3.8, 4) is 5.75 Å². The lowest BCUT2D eigenvalue weighted by Gasteiger charge is -2.13. The molecule has 0 saturated carbocycles. The number of rotatable bonds is 6. The number of methoxy groups -OCH3 is 1. The lowest BCUT2D eigenvalue weighted by molar-refractivity contribution is -0.121. The Morgan fingerprint density at radius 3 is 2.75 bits per heavy atom. The highest BCUT2D eigenvalue weighted by Gasteiger charge is 2.09. The number of fused-ring (bicyclic) bond motifs is 1. The van der Waals surface area contributed by atoms with Crippen LogP contribution in [0.25, 0.3) is 10.8 Å². The second kappa shape index (κ2) is 6.91. The number of hydrogen-bond acceptors (Lipinski definition) is 3. The molecule has 0 aromatic heterocycles. The van der Waals surface area contributed by atoms with Gasteiger partial charge < -0.3 is 15.4 Å². The van der Waals surface area contributed by atoms with E-state index in [1.54, 1.807) is 7.11 Å². The molecule has 0 spiro atoms. The van der Waals surface area contributed by atoms with Gasteiger partial charge in [-0.25, -0.2) is 0 Å². The van der Waals surface area contributed by atoms with E-state index in [-0.39, 0.29) is 5.91 Å². The summed E-state index contributed by atoms with van der Waals surface area (Å²) in [6.45, 7) is 1.16. The SMILES string of the molecule is CNCCC(=O)NCc1c(OC)ccc2ccccc12. The third-order valence-corrected chi connectivity index (χ3v) is 3.28. The molecule has 20 heavy (non-hydrogen) atoms. The smallest absolute Gasteiger partial charge is 0.221 e. The molecule has 1 amide bonds. The molecule has 0 aliphatic rings. The molecule has 0 aliphatic heterocycles. The van der Waals surface area contributed by atoms with Crippen molar-refractivity contribution >= 4 is 16.7 Å². The monoisotopic (exact) mass is 272 g/mol. The lowest BCUT2D eigenvalue weighted by Crippen LogP contribution is -2.26. The van der Waals surface area contributed by atoms with E-state index in [4.69, 9.17) is 4.74 Å². The molecule has 0 bridgehead atoms. The maximum atomic E-state index is 11.7. The first-order chi connectivity index (χ1) is 9.76. The third kappa shape index (κ3) is 3.27. The molecule has 0 atom stereocenters. The molecule has 4 heteroatoms. The Kier molecular flexibility index (Phi) is 4.96. The first-order valence-electron chi connectivity index (χ1n) is 6.72. The molecule has 0 heterocycles. The molecule has 0 saturated heterocycles. The van der Waals surface area contributed by atoms with Crippen LogP contribution in [0.15, 0.2) is 36.4 Å². The molecule has 4 nitrogen and oxygen atoms in total. The summed E-state index contributed by atoms with van der Waals surface area (Å²) in [5.41, 5.74) is 1.02. The number of amides is 1. The van der Waals surface area contributed by atoms with Crippen molar-refractivity contribution in [2.24, 2.45) is 0 Å². The van der Waals surface area contributed by atoms with Gasteiger partial charge in [-0.1, -0.05) is 30.3 Å². The lowest BCUT2D eigenvalue weighted by atomic mass is 10.0. The molecule has 2 aromatic carbocycles. The molecule has 2 aromatic rings. The fraction of sp³-hybridized carbons (Fsp3) is 0.312. The van der Waals surface area contributed by atoms with Crippen LogP contribution in [0.4, 0.5) is 0 Å². The Bertz CT molecular complexity index is 596. The molecule has 2 N–H and O–H groups in total. The van der Waals surface area contributed by atoms with Gasteiger partial charge in [0.05, 0.1) is 7.11 Å². The van der Waals surface area contributed by atoms with E-state index in [2.05, 4.69) is 16.7 Å². The van der Waals surface area contributed by atoms with Crippen molar-refractivity contribution in [1.82, 2.24) is 10.6 Å². The number of hydrogen-bond donors (Lipinski definition) is 2. The van der Waals surface area contributed by atoms with Gasteiger partial charge in [-0.2, -0.15) is 0 Å². The quantitative estimate of drug-likeness (QED) is 0.846. The van der Waals surface area contributed by atoms with E-state index < -0.39 is 0 Å². The van der Waals surface area contributed by atoms with Crippen molar-refractivity contribution in [3.05, 3.63) is 42.0 Å². The summed E-state index contributed by atoms with van der Waals surface area (Å²) in [6.07, 6.45) is 0.476. The second-order valence-corrected chi connectivity index (χ2v) is 4.60. The Morgan fingerprint density at radius 1 is 1.20 bits per heavy atom. The van der Waals surface area contributed by atoms with Gasteiger partial charge in [0.25, 0.3) is 0 Å². The summed E-state index contributed by atoms with van der Waals surface area (Å²) in [7, 11) is 3.48. The van der Waals surface area contributed by atoms with Crippen LogP contribution in [-0.4, -0.2) is 26.6 Å². The zero-order valence-electron chi connectivity index (χ0n) is 11.9. The van der Waals surface area contributed by atoms with E-state index in [0.717, 1.165) is 22.1 Å². The molecule has 2 rings (SSSR count). The average molecular weight is 272 g/mol. The molecule has 106 valence electrons. The van der Waals surface area contributed by atoms with Gasteiger partial charge in [0.15, 0.2) is 0 Å². The predicted octanol–water partition coefficient (Wildman–Crippen LogP) is 2.07. The molecule has 0 unspecified atom stereocenters. The Labute approximate surface area is 119 Å². The molecule has 0 radical (unpaired) electrons. The number of ether oxygens (including phenoxy) is 1.